The lowest BCUT2D eigenvalue weighted by molar-refractivity contribution is -0.113. The molecule has 32 heavy (non-hydrogen) atoms. The van der Waals surface area contributed by atoms with Crippen molar-refractivity contribution < 1.29 is 14.3 Å². The third kappa shape index (κ3) is 5.00. The number of thioether (sulfide) groups is 1. The van der Waals surface area contributed by atoms with Crippen LogP contribution in [-0.2, 0) is 9.53 Å². The molecule has 4 rings (SSSR count). The molecule has 0 bridgehead atoms. The third-order valence-electron chi connectivity index (χ3n) is 5.30. The van der Waals surface area contributed by atoms with Crippen LogP contribution in [0, 0.1) is 0 Å². The largest absolute Gasteiger partial charge is 0.462 e. The van der Waals surface area contributed by atoms with Gasteiger partial charge < -0.3 is 15.9 Å². The van der Waals surface area contributed by atoms with Gasteiger partial charge in [-0.05, 0) is 31.2 Å². The Labute approximate surface area is 198 Å². The molecule has 0 aromatic carbocycles. The van der Waals surface area contributed by atoms with E-state index >= 15 is 0 Å². The molecule has 1 amide bonds. The number of carbonyl (C=O) groups excluding carboxylic acids is 2. The lowest BCUT2D eigenvalue weighted by Gasteiger charge is -2.20. The van der Waals surface area contributed by atoms with Crippen LogP contribution in [0.2, 0.25) is 0 Å². The topological polar surface area (TPSA) is 112 Å². The molecule has 8 nitrogen and oxygen atoms in total. The molecule has 0 unspecified atom stereocenters. The smallest absolute Gasteiger partial charge is 0.341 e. The minimum Gasteiger partial charge on any atom is -0.462 e. The van der Waals surface area contributed by atoms with E-state index in [9.17, 15) is 9.59 Å². The van der Waals surface area contributed by atoms with E-state index < -0.39 is 5.97 Å². The maximum atomic E-state index is 12.7. The summed E-state index contributed by atoms with van der Waals surface area (Å²) in [4.78, 5) is 26.2. The van der Waals surface area contributed by atoms with Crippen LogP contribution in [0.3, 0.4) is 0 Å². The Hall–Kier alpha value is -2.37. The highest BCUT2D eigenvalue weighted by Gasteiger charge is 2.25. The van der Waals surface area contributed by atoms with Crippen molar-refractivity contribution >= 4 is 51.3 Å². The predicted molar refractivity (Wildman–Crippen MR) is 129 cm³/mol. The van der Waals surface area contributed by atoms with Crippen molar-refractivity contribution in [1.82, 2.24) is 14.9 Å². The normalized spacial score (nSPS) is 14.4. The summed E-state index contributed by atoms with van der Waals surface area (Å²) in [6, 6.07) is 3.86. The lowest BCUT2D eigenvalue weighted by Crippen LogP contribution is -2.20. The first-order valence-electron chi connectivity index (χ1n) is 10.5. The lowest BCUT2D eigenvalue weighted by atomic mass is 9.89. The summed E-state index contributed by atoms with van der Waals surface area (Å²) in [5.41, 5.74) is 1.16. The highest BCUT2D eigenvalue weighted by atomic mass is 32.2. The van der Waals surface area contributed by atoms with Crippen LogP contribution in [0.5, 0.6) is 0 Å². The number of hydrogen-bond donors (Lipinski definition) is 2. The van der Waals surface area contributed by atoms with Crippen molar-refractivity contribution in [2.75, 3.05) is 23.5 Å². The number of nitrogens with one attached hydrogen (secondary N) is 1. The highest BCUT2D eigenvalue weighted by Crippen LogP contribution is 2.38. The van der Waals surface area contributed by atoms with Gasteiger partial charge in [-0.3, -0.25) is 4.79 Å². The number of nitrogen functional groups attached to an aromatic ring is 1. The Morgan fingerprint density at radius 1 is 1.28 bits per heavy atom. The second-order valence-electron chi connectivity index (χ2n) is 7.43. The predicted octanol–water partition coefficient (Wildman–Crippen LogP) is 4.74. The quantitative estimate of drug-likeness (QED) is 0.266. The number of rotatable bonds is 8. The van der Waals surface area contributed by atoms with Gasteiger partial charge >= 0.3 is 5.97 Å². The van der Waals surface area contributed by atoms with Gasteiger partial charge in [-0.1, -0.05) is 37.1 Å². The van der Waals surface area contributed by atoms with Gasteiger partial charge in [-0.2, -0.15) is 0 Å². The van der Waals surface area contributed by atoms with Crippen LogP contribution in [0.4, 0.5) is 5.00 Å². The molecule has 1 fully saturated rings. The molecular weight excluding hydrogens is 466 g/mol. The molecule has 3 N–H and O–H groups in total. The van der Waals surface area contributed by atoms with Gasteiger partial charge in [0.15, 0.2) is 5.82 Å². The molecule has 0 saturated heterocycles. The van der Waals surface area contributed by atoms with E-state index in [1.807, 2.05) is 22.9 Å². The Kier molecular flexibility index (Phi) is 7.48. The highest BCUT2D eigenvalue weighted by molar-refractivity contribution is 7.99. The zero-order valence-corrected chi connectivity index (χ0v) is 20.2. The standard InChI is InChI=1S/C21H25N5O3S3/c1-2-29-20(28)17-14(15-9-6-10-30-15)11-31-19(17)23-16(27)12-32-21-25-24-18(26(21)22)13-7-4-3-5-8-13/h6,9-11,13H,2-5,7-8,12,22H2,1H3,(H,23,27). The van der Waals surface area contributed by atoms with Gasteiger partial charge in [0.1, 0.15) is 10.6 Å². The van der Waals surface area contributed by atoms with E-state index in [2.05, 4.69) is 15.5 Å². The van der Waals surface area contributed by atoms with Crippen LogP contribution >= 0.6 is 34.4 Å². The summed E-state index contributed by atoms with van der Waals surface area (Å²) < 4.78 is 6.74. The van der Waals surface area contributed by atoms with Crippen LogP contribution in [0.1, 0.15) is 61.1 Å². The number of nitrogens with zero attached hydrogens (tertiary/aromatic N) is 3. The number of nitrogens with two attached hydrogens (primary N) is 1. The van der Waals surface area contributed by atoms with E-state index in [0.29, 0.717) is 21.6 Å². The molecule has 0 aliphatic heterocycles. The first kappa shape index (κ1) is 22.8. The maximum Gasteiger partial charge on any atom is 0.341 e. The van der Waals surface area contributed by atoms with Crippen LogP contribution in [0.15, 0.2) is 28.0 Å². The summed E-state index contributed by atoms with van der Waals surface area (Å²) >= 11 is 4.07. The van der Waals surface area contributed by atoms with Crippen LogP contribution in [-0.4, -0.2) is 39.1 Å². The molecule has 1 aliphatic rings. The first-order chi connectivity index (χ1) is 15.6. The summed E-state index contributed by atoms with van der Waals surface area (Å²) in [7, 11) is 0. The van der Waals surface area contributed by atoms with E-state index in [4.69, 9.17) is 10.6 Å². The van der Waals surface area contributed by atoms with Crippen molar-refractivity contribution in [2.45, 2.75) is 50.1 Å². The van der Waals surface area contributed by atoms with Gasteiger partial charge in [-0.15, -0.1) is 32.9 Å². The maximum absolute atomic E-state index is 12.7. The molecule has 0 radical (unpaired) electrons. The minimum atomic E-state index is -0.445. The second kappa shape index (κ2) is 10.5. The van der Waals surface area contributed by atoms with Crippen LogP contribution in [0.25, 0.3) is 10.4 Å². The number of esters is 1. The number of carbonyl (C=O) groups is 2. The minimum absolute atomic E-state index is 0.106. The molecule has 3 heterocycles. The Morgan fingerprint density at radius 3 is 2.81 bits per heavy atom. The SMILES string of the molecule is CCOC(=O)c1c(-c2cccs2)csc1NC(=O)CSc1nnc(C2CCCCC2)n1N. The molecule has 1 aliphatic carbocycles. The van der Waals surface area contributed by atoms with E-state index in [0.717, 1.165) is 29.1 Å². The Bertz CT molecular complexity index is 1070. The Morgan fingerprint density at radius 2 is 2.09 bits per heavy atom. The van der Waals surface area contributed by atoms with Crippen LogP contribution < -0.4 is 11.2 Å². The van der Waals surface area contributed by atoms with Crippen molar-refractivity contribution in [3.8, 4) is 10.4 Å². The van der Waals surface area contributed by atoms with Gasteiger partial charge in [0.2, 0.25) is 11.1 Å². The van der Waals surface area contributed by atoms with E-state index in [-0.39, 0.29) is 18.3 Å². The van der Waals surface area contributed by atoms with Gasteiger partial charge in [0.05, 0.1) is 12.4 Å². The summed E-state index contributed by atoms with van der Waals surface area (Å²) in [6.45, 7) is 2.02. The summed E-state index contributed by atoms with van der Waals surface area (Å²) in [5.74, 6) is 6.74. The first-order valence-corrected chi connectivity index (χ1v) is 13.3. The number of thiophene rings is 2. The third-order valence-corrected chi connectivity index (χ3v) is 8.05. The molecule has 1 saturated carbocycles. The molecule has 11 heteroatoms. The molecule has 0 atom stereocenters. The van der Waals surface area contributed by atoms with Crippen molar-refractivity contribution in [1.29, 1.82) is 0 Å². The average Bonchev–Trinajstić information content (AvgIpc) is 3.53. The fourth-order valence-corrected chi connectivity index (χ4v) is 6.24. The van der Waals surface area contributed by atoms with Crippen molar-refractivity contribution in [2.24, 2.45) is 0 Å². The van der Waals surface area contributed by atoms with Gasteiger partial charge in [-0.25, -0.2) is 9.47 Å². The number of anilines is 1. The van der Waals surface area contributed by atoms with Crippen molar-refractivity contribution in [3.05, 3.63) is 34.3 Å². The molecule has 3 aromatic rings. The molecule has 3 aromatic heterocycles. The molecule has 170 valence electrons. The summed E-state index contributed by atoms with van der Waals surface area (Å²) in [6.07, 6.45) is 5.75. The summed E-state index contributed by atoms with van der Waals surface area (Å²) in [5, 5.41) is 16.1. The van der Waals surface area contributed by atoms with Crippen molar-refractivity contribution in [3.63, 3.8) is 0 Å². The number of amides is 1. The van der Waals surface area contributed by atoms with E-state index in [1.54, 1.807) is 6.92 Å². The van der Waals surface area contributed by atoms with Gasteiger partial charge in [0, 0.05) is 21.7 Å². The number of hydrogen-bond acceptors (Lipinski definition) is 9. The average molecular weight is 492 g/mol. The number of aromatic nitrogens is 3. The number of ether oxygens (including phenoxy) is 1. The fraction of sp³-hybridized carbons (Fsp3) is 0.429. The van der Waals surface area contributed by atoms with E-state index in [1.165, 1.54) is 58.4 Å². The Balaban J connectivity index is 1.43. The molecular formula is C21H25N5O3S3. The van der Waals surface area contributed by atoms with Gasteiger partial charge in [0.25, 0.3) is 0 Å². The molecule has 0 spiro atoms. The monoisotopic (exact) mass is 491 g/mol. The zero-order valence-electron chi connectivity index (χ0n) is 17.7. The zero-order chi connectivity index (χ0) is 22.5. The fourth-order valence-electron chi connectivity index (χ4n) is 3.79. The second-order valence-corrected chi connectivity index (χ2v) is 10.2.